The van der Waals surface area contributed by atoms with Gasteiger partial charge in [-0.3, -0.25) is 14.5 Å². The highest BCUT2D eigenvalue weighted by molar-refractivity contribution is 6.30. The van der Waals surface area contributed by atoms with Gasteiger partial charge in [0.2, 0.25) is 5.91 Å². The van der Waals surface area contributed by atoms with Crippen molar-refractivity contribution in [3.8, 4) is 0 Å². The van der Waals surface area contributed by atoms with E-state index < -0.39 is 11.7 Å². The first-order valence-electron chi connectivity index (χ1n) is 6.22. The Hall–Kier alpha value is -2.40. The lowest BCUT2D eigenvalue weighted by Gasteiger charge is -2.29. The molecule has 0 aliphatic carbocycles. The molecular weight excluding hydrogens is 295 g/mol. The van der Waals surface area contributed by atoms with E-state index in [9.17, 15) is 14.0 Å². The van der Waals surface area contributed by atoms with Gasteiger partial charge in [0.25, 0.3) is 5.91 Å². The lowest BCUT2D eigenvalue weighted by Crippen LogP contribution is -2.42. The largest absolute Gasteiger partial charge is 0.323 e. The van der Waals surface area contributed by atoms with Crippen molar-refractivity contribution in [2.45, 2.75) is 0 Å². The Morgan fingerprint density at radius 2 is 2.00 bits per heavy atom. The van der Waals surface area contributed by atoms with Crippen LogP contribution in [-0.2, 0) is 4.79 Å². The summed E-state index contributed by atoms with van der Waals surface area (Å²) in [5, 5.41) is 2.88. The van der Waals surface area contributed by atoms with Crippen LogP contribution in [0.15, 0.2) is 42.5 Å². The lowest BCUT2D eigenvalue weighted by molar-refractivity contribution is -0.115. The predicted octanol–water partition coefficient (Wildman–Crippen LogP) is 3.08. The Labute approximate surface area is 125 Å². The number of benzene rings is 2. The van der Waals surface area contributed by atoms with Crippen LogP contribution < -0.4 is 10.2 Å². The minimum absolute atomic E-state index is 0.121. The van der Waals surface area contributed by atoms with Crippen molar-refractivity contribution >= 4 is 34.8 Å². The SMILES string of the molecule is O=C1CN(C(=O)c2ccc(Cl)cc2F)c2ccccc2N1. The number of hydrogen-bond donors (Lipinski definition) is 1. The molecule has 0 radical (unpaired) electrons. The predicted molar refractivity (Wildman–Crippen MR) is 78.2 cm³/mol. The first kappa shape index (κ1) is 13.6. The number of carbonyl (C=O) groups excluding carboxylic acids is 2. The molecule has 0 saturated carbocycles. The van der Waals surface area contributed by atoms with Gasteiger partial charge in [-0.25, -0.2) is 4.39 Å². The summed E-state index contributed by atoms with van der Waals surface area (Å²) in [6.45, 7) is -0.155. The van der Waals surface area contributed by atoms with Crippen LogP contribution in [0.1, 0.15) is 10.4 Å². The highest BCUT2D eigenvalue weighted by atomic mass is 35.5. The Kier molecular flexibility index (Phi) is 3.35. The van der Waals surface area contributed by atoms with Gasteiger partial charge in [0.15, 0.2) is 0 Å². The second-order valence-corrected chi connectivity index (χ2v) is 5.02. The van der Waals surface area contributed by atoms with Crippen molar-refractivity contribution in [1.29, 1.82) is 0 Å². The zero-order valence-electron chi connectivity index (χ0n) is 10.8. The van der Waals surface area contributed by atoms with Gasteiger partial charge < -0.3 is 5.32 Å². The third-order valence-corrected chi connectivity index (χ3v) is 3.41. The Bertz CT molecular complexity index is 748. The van der Waals surface area contributed by atoms with Crippen LogP contribution in [0.3, 0.4) is 0 Å². The number of anilines is 2. The van der Waals surface area contributed by atoms with E-state index in [1.54, 1.807) is 24.3 Å². The second kappa shape index (κ2) is 5.18. The maximum atomic E-state index is 13.9. The molecule has 0 fully saturated rings. The van der Waals surface area contributed by atoms with E-state index in [0.717, 1.165) is 6.07 Å². The summed E-state index contributed by atoms with van der Waals surface area (Å²) in [6.07, 6.45) is 0. The summed E-state index contributed by atoms with van der Waals surface area (Å²) >= 11 is 5.68. The molecule has 4 nitrogen and oxygen atoms in total. The van der Waals surface area contributed by atoms with E-state index in [4.69, 9.17) is 11.6 Å². The molecule has 1 heterocycles. The van der Waals surface area contributed by atoms with Crippen molar-refractivity contribution in [1.82, 2.24) is 0 Å². The van der Waals surface area contributed by atoms with E-state index in [-0.39, 0.29) is 23.0 Å². The molecule has 3 rings (SSSR count). The van der Waals surface area contributed by atoms with Crippen LogP contribution in [0.4, 0.5) is 15.8 Å². The second-order valence-electron chi connectivity index (χ2n) is 4.58. The number of nitrogens with one attached hydrogen (secondary N) is 1. The molecule has 1 aliphatic heterocycles. The number of amides is 2. The van der Waals surface area contributed by atoms with Crippen LogP contribution in [0, 0.1) is 5.82 Å². The summed E-state index contributed by atoms with van der Waals surface area (Å²) < 4.78 is 13.9. The molecule has 0 bridgehead atoms. The van der Waals surface area contributed by atoms with Gasteiger partial charge in [-0.2, -0.15) is 0 Å². The van der Waals surface area contributed by atoms with Crippen molar-refractivity contribution in [3.05, 3.63) is 58.9 Å². The topological polar surface area (TPSA) is 49.4 Å². The molecule has 0 spiro atoms. The maximum absolute atomic E-state index is 13.9. The van der Waals surface area contributed by atoms with E-state index in [0.29, 0.717) is 11.4 Å². The maximum Gasteiger partial charge on any atom is 0.261 e. The smallest absolute Gasteiger partial charge is 0.261 e. The number of nitrogens with zero attached hydrogens (tertiary/aromatic N) is 1. The van der Waals surface area contributed by atoms with Crippen molar-refractivity contribution in [3.63, 3.8) is 0 Å². The molecule has 106 valence electrons. The highest BCUT2D eigenvalue weighted by Gasteiger charge is 2.28. The molecule has 2 aromatic carbocycles. The summed E-state index contributed by atoms with van der Waals surface area (Å²) in [4.78, 5) is 25.4. The Morgan fingerprint density at radius 3 is 2.76 bits per heavy atom. The third-order valence-electron chi connectivity index (χ3n) is 3.18. The van der Waals surface area contributed by atoms with Crippen LogP contribution in [0.5, 0.6) is 0 Å². The standard InChI is InChI=1S/C15H10ClFN2O2/c16-9-5-6-10(11(17)7-9)15(21)19-8-14(20)18-12-3-1-2-4-13(12)19/h1-7H,8H2,(H,18,20). The number of fused-ring (bicyclic) bond motifs is 1. The average molecular weight is 305 g/mol. The van der Waals surface area contributed by atoms with Crippen LogP contribution >= 0.6 is 11.6 Å². The van der Waals surface area contributed by atoms with Gasteiger partial charge in [-0.15, -0.1) is 0 Å². The number of para-hydroxylation sites is 2. The highest BCUT2D eigenvalue weighted by Crippen LogP contribution is 2.30. The van der Waals surface area contributed by atoms with Gasteiger partial charge in [-0.05, 0) is 30.3 Å². The average Bonchev–Trinajstić information content (AvgIpc) is 2.45. The molecular formula is C15H10ClFN2O2. The number of hydrogen-bond acceptors (Lipinski definition) is 2. The van der Waals surface area contributed by atoms with E-state index in [1.807, 2.05) is 0 Å². The van der Waals surface area contributed by atoms with Crippen molar-refractivity contribution in [2.75, 3.05) is 16.8 Å². The van der Waals surface area contributed by atoms with E-state index in [1.165, 1.54) is 17.0 Å². The van der Waals surface area contributed by atoms with Crippen molar-refractivity contribution < 1.29 is 14.0 Å². The third kappa shape index (κ3) is 2.48. The zero-order chi connectivity index (χ0) is 15.0. The molecule has 6 heteroatoms. The van der Waals surface area contributed by atoms with Crippen molar-refractivity contribution in [2.24, 2.45) is 0 Å². The fourth-order valence-corrected chi connectivity index (χ4v) is 2.38. The molecule has 2 aromatic rings. The summed E-state index contributed by atoms with van der Waals surface area (Å²) in [5.74, 6) is -1.61. The van der Waals surface area contributed by atoms with Crippen LogP contribution in [0.2, 0.25) is 5.02 Å². The van der Waals surface area contributed by atoms with Gasteiger partial charge in [0.05, 0.1) is 16.9 Å². The van der Waals surface area contributed by atoms with Crippen LogP contribution in [0.25, 0.3) is 0 Å². The molecule has 0 saturated heterocycles. The molecule has 21 heavy (non-hydrogen) atoms. The summed E-state index contributed by atoms with van der Waals surface area (Å²) in [5.41, 5.74) is 0.942. The molecule has 1 aliphatic rings. The number of halogens is 2. The van der Waals surface area contributed by atoms with Gasteiger partial charge in [0.1, 0.15) is 12.4 Å². The monoisotopic (exact) mass is 304 g/mol. The lowest BCUT2D eigenvalue weighted by atomic mass is 10.1. The summed E-state index contributed by atoms with van der Waals surface area (Å²) in [7, 11) is 0. The first-order chi connectivity index (χ1) is 10.1. The Morgan fingerprint density at radius 1 is 1.24 bits per heavy atom. The zero-order valence-corrected chi connectivity index (χ0v) is 11.5. The van der Waals surface area contributed by atoms with E-state index >= 15 is 0 Å². The number of carbonyl (C=O) groups is 2. The minimum Gasteiger partial charge on any atom is -0.323 e. The fourth-order valence-electron chi connectivity index (χ4n) is 2.22. The van der Waals surface area contributed by atoms with Gasteiger partial charge >= 0.3 is 0 Å². The molecule has 1 N–H and O–H groups in total. The number of rotatable bonds is 1. The Balaban J connectivity index is 2.04. The molecule has 2 amide bonds. The fraction of sp³-hybridized carbons (Fsp3) is 0.0667. The minimum atomic E-state index is -0.712. The van der Waals surface area contributed by atoms with Gasteiger partial charge in [0, 0.05) is 5.02 Å². The normalized spacial score (nSPS) is 13.6. The molecule has 0 unspecified atom stereocenters. The molecule has 0 atom stereocenters. The van der Waals surface area contributed by atoms with E-state index in [2.05, 4.69) is 5.32 Å². The molecule has 0 aromatic heterocycles. The van der Waals surface area contributed by atoms with Gasteiger partial charge in [-0.1, -0.05) is 23.7 Å². The summed E-state index contributed by atoms with van der Waals surface area (Å²) in [6, 6.07) is 10.7. The van der Waals surface area contributed by atoms with Crippen LogP contribution in [-0.4, -0.2) is 18.4 Å². The first-order valence-corrected chi connectivity index (χ1v) is 6.60. The quantitative estimate of drug-likeness (QED) is 0.880.